The van der Waals surface area contributed by atoms with Crippen molar-refractivity contribution in [1.29, 1.82) is 0 Å². The smallest absolute Gasteiger partial charge is 0.264 e. The third-order valence-electron chi connectivity index (χ3n) is 12.8. The minimum absolute atomic E-state index is 0.0791. The Morgan fingerprint density at radius 3 is 2.77 bits per heavy atom. The quantitative estimate of drug-likeness (QED) is 0.341. The summed E-state index contributed by atoms with van der Waals surface area (Å²) in [7, 11) is -3.93. The van der Waals surface area contributed by atoms with Gasteiger partial charge in [-0.3, -0.25) is 9.69 Å². The number of morpholine rings is 1. The standard InChI is InChI=1S/C41H56ClN3O6S/c1-27(2)37-24-49-19-17-44(37)18-20-50-38-9-5-7-28(3)29(4)52(47,48)43-40(46)31-11-15-39-36(22-31)45(23-32-10-13-34(32)38)25-41(26-51-39)16-6-8-30-21-33(42)12-14-35(30)41/h5,9,11-12,14-15,21-22,27-29,32,34,37-38H,6-8,10,13,16-20,23-26H2,1-4H3,(H,43,46)/b9-5+/t28-,29+,32-,34+,37?,38-,41-/m0/s1. The monoisotopic (exact) mass is 753 g/mol. The summed E-state index contributed by atoms with van der Waals surface area (Å²) in [4.78, 5) is 18.5. The minimum Gasteiger partial charge on any atom is -0.490 e. The molecule has 1 N–H and O–H groups in total. The molecule has 284 valence electrons. The van der Waals surface area contributed by atoms with Crippen LogP contribution in [0.25, 0.3) is 0 Å². The number of rotatable bonds is 5. The fourth-order valence-electron chi connectivity index (χ4n) is 9.18. The number of nitrogens with zero attached hydrogens (tertiary/aromatic N) is 2. The molecule has 2 aromatic carbocycles. The van der Waals surface area contributed by atoms with E-state index in [-0.39, 0.29) is 17.4 Å². The molecule has 2 fully saturated rings. The second-order valence-corrected chi connectivity index (χ2v) is 18.8. The number of halogens is 1. The lowest BCUT2D eigenvalue weighted by Crippen LogP contribution is -2.50. The molecule has 7 rings (SSSR count). The van der Waals surface area contributed by atoms with E-state index in [2.05, 4.69) is 52.7 Å². The predicted molar refractivity (Wildman–Crippen MR) is 206 cm³/mol. The molecule has 1 saturated carbocycles. The summed E-state index contributed by atoms with van der Waals surface area (Å²) in [6.45, 7) is 14.0. The molecular weight excluding hydrogens is 698 g/mol. The number of fused-ring (bicyclic) bond motifs is 4. The molecule has 1 spiro atoms. The van der Waals surface area contributed by atoms with Gasteiger partial charge in [-0.1, -0.05) is 50.6 Å². The maximum atomic E-state index is 13.6. The van der Waals surface area contributed by atoms with Gasteiger partial charge in [-0.25, -0.2) is 13.1 Å². The van der Waals surface area contributed by atoms with Crippen LogP contribution in [0.3, 0.4) is 0 Å². The summed E-state index contributed by atoms with van der Waals surface area (Å²) in [6, 6.07) is 12.0. The van der Waals surface area contributed by atoms with Crippen molar-refractivity contribution in [2.45, 2.75) is 89.0 Å². The zero-order valence-electron chi connectivity index (χ0n) is 31.2. The first-order valence-electron chi connectivity index (χ1n) is 19.4. The van der Waals surface area contributed by atoms with Crippen LogP contribution in [0.15, 0.2) is 48.6 Å². The molecule has 9 nitrogen and oxygen atoms in total. The Hall–Kier alpha value is -2.63. The largest absolute Gasteiger partial charge is 0.490 e. The lowest BCUT2D eigenvalue weighted by atomic mass is 9.68. The van der Waals surface area contributed by atoms with Gasteiger partial charge in [0.2, 0.25) is 10.0 Å². The summed E-state index contributed by atoms with van der Waals surface area (Å²) < 4.78 is 48.7. The number of nitrogens with one attached hydrogen (secondary N) is 1. The second kappa shape index (κ2) is 15.6. The highest BCUT2D eigenvalue weighted by Gasteiger charge is 2.45. The number of sulfonamides is 1. The Morgan fingerprint density at radius 1 is 1.13 bits per heavy atom. The average Bonchev–Trinajstić information content (AvgIpc) is 3.25. The molecule has 7 atom stereocenters. The van der Waals surface area contributed by atoms with E-state index < -0.39 is 21.2 Å². The number of hydrogen-bond donors (Lipinski definition) is 1. The Bertz CT molecular complexity index is 1750. The van der Waals surface area contributed by atoms with E-state index in [0.717, 1.165) is 82.2 Å². The highest BCUT2D eigenvalue weighted by Crippen LogP contribution is 2.47. The van der Waals surface area contributed by atoms with Gasteiger partial charge in [-0.05, 0) is 111 Å². The number of amides is 1. The van der Waals surface area contributed by atoms with E-state index in [1.807, 2.05) is 25.1 Å². The third kappa shape index (κ3) is 7.79. The molecule has 0 aromatic heterocycles. The molecule has 0 radical (unpaired) electrons. The predicted octanol–water partition coefficient (Wildman–Crippen LogP) is 6.63. The number of ether oxygens (including phenoxy) is 3. The molecule has 2 aliphatic carbocycles. The molecule has 52 heavy (non-hydrogen) atoms. The number of aryl methyl sites for hydroxylation is 1. The Kier molecular flexibility index (Phi) is 11.3. The van der Waals surface area contributed by atoms with Crippen LogP contribution in [0, 0.1) is 23.7 Å². The first-order chi connectivity index (χ1) is 24.9. The fraction of sp³-hybridized carbons (Fsp3) is 0.634. The Balaban J connectivity index is 1.22. The lowest BCUT2D eigenvalue weighted by Gasteiger charge is -2.46. The summed E-state index contributed by atoms with van der Waals surface area (Å²) in [6.07, 6.45) is 9.95. The zero-order chi connectivity index (χ0) is 36.6. The number of carbonyl (C=O) groups is 1. The van der Waals surface area contributed by atoms with Crippen LogP contribution >= 0.6 is 11.6 Å². The van der Waals surface area contributed by atoms with Crippen molar-refractivity contribution in [3.8, 4) is 5.75 Å². The molecule has 11 heteroatoms. The molecule has 5 aliphatic rings. The van der Waals surface area contributed by atoms with Crippen LogP contribution in [-0.2, 0) is 31.3 Å². The molecule has 2 aromatic rings. The van der Waals surface area contributed by atoms with E-state index in [9.17, 15) is 13.2 Å². The van der Waals surface area contributed by atoms with Crippen LogP contribution < -0.4 is 14.4 Å². The number of allylic oxidation sites excluding steroid dienone is 1. The first-order valence-corrected chi connectivity index (χ1v) is 21.3. The van der Waals surface area contributed by atoms with Crippen LogP contribution in [0.5, 0.6) is 5.75 Å². The van der Waals surface area contributed by atoms with Gasteiger partial charge in [0.25, 0.3) is 5.91 Å². The van der Waals surface area contributed by atoms with Gasteiger partial charge in [0.05, 0.1) is 43.5 Å². The molecule has 1 saturated heterocycles. The van der Waals surface area contributed by atoms with Crippen LogP contribution in [0.4, 0.5) is 5.69 Å². The lowest BCUT2D eigenvalue weighted by molar-refractivity contribution is -0.0559. The van der Waals surface area contributed by atoms with Crippen molar-refractivity contribution in [2.24, 2.45) is 23.7 Å². The van der Waals surface area contributed by atoms with Gasteiger partial charge < -0.3 is 19.1 Å². The van der Waals surface area contributed by atoms with E-state index in [0.29, 0.717) is 54.7 Å². The summed E-state index contributed by atoms with van der Waals surface area (Å²) >= 11 is 6.48. The Morgan fingerprint density at radius 2 is 1.98 bits per heavy atom. The maximum absolute atomic E-state index is 13.6. The van der Waals surface area contributed by atoms with Gasteiger partial charge in [0.1, 0.15) is 5.75 Å². The Labute approximate surface area is 315 Å². The minimum atomic E-state index is -3.93. The van der Waals surface area contributed by atoms with E-state index >= 15 is 0 Å². The van der Waals surface area contributed by atoms with Crippen molar-refractivity contribution in [2.75, 3.05) is 57.5 Å². The highest BCUT2D eigenvalue weighted by molar-refractivity contribution is 7.90. The van der Waals surface area contributed by atoms with E-state index in [1.165, 1.54) is 11.1 Å². The van der Waals surface area contributed by atoms with Gasteiger partial charge in [-0.2, -0.15) is 0 Å². The number of carbonyl (C=O) groups excluding carboxylic acids is 1. The van der Waals surface area contributed by atoms with Crippen molar-refractivity contribution in [1.82, 2.24) is 9.62 Å². The number of benzene rings is 2. The maximum Gasteiger partial charge on any atom is 0.264 e. The normalized spacial score (nSPS) is 32.9. The average molecular weight is 754 g/mol. The van der Waals surface area contributed by atoms with Gasteiger partial charge >= 0.3 is 0 Å². The van der Waals surface area contributed by atoms with Gasteiger partial charge in [0.15, 0.2) is 0 Å². The van der Waals surface area contributed by atoms with Crippen molar-refractivity contribution >= 4 is 33.2 Å². The summed E-state index contributed by atoms with van der Waals surface area (Å²) in [5.41, 5.74) is 3.45. The van der Waals surface area contributed by atoms with Crippen LogP contribution in [-0.4, -0.2) is 89.2 Å². The van der Waals surface area contributed by atoms with Crippen molar-refractivity contribution < 1.29 is 27.4 Å². The SMILES string of the molecule is CC(C)C1COCCN1CCO[C@H]1/C=C/C[C@H](C)[C@@H](C)S(=O)(=O)NC(=O)c2ccc3c(c2)N(C[C@@H]2CC[C@H]21)C[C@@]1(CCCc2cc(Cl)ccc21)CO3. The fourth-order valence-corrected chi connectivity index (χ4v) is 10.7. The number of anilines is 1. The number of hydrogen-bond acceptors (Lipinski definition) is 8. The van der Waals surface area contributed by atoms with Gasteiger partial charge in [0, 0.05) is 48.2 Å². The molecular formula is C41H56ClN3O6S. The zero-order valence-corrected chi connectivity index (χ0v) is 32.8. The first kappa shape index (κ1) is 37.7. The van der Waals surface area contributed by atoms with E-state index in [1.54, 1.807) is 13.0 Å². The summed E-state index contributed by atoms with van der Waals surface area (Å²) in [5.74, 6) is 1.09. The van der Waals surface area contributed by atoms with Crippen LogP contribution in [0.2, 0.25) is 5.02 Å². The summed E-state index contributed by atoms with van der Waals surface area (Å²) in [5, 5.41) is -0.0165. The molecule has 2 bridgehead atoms. The third-order valence-corrected chi connectivity index (χ3v) is 14.9. The van der Waals surface area contributed by atoms with Gasteiger partial charge in [-0.15, -0.1) is 0 Å². The molecule has 3 aliphatic heterocycles. The highest BCUT2D eigenvalue weighted by atomic mass is 35.5. The topological polar surface area (TPSA) is 97.4 Å². The van der Waals surface area contributed by atoms with Crippen LogP contribution in [0.1, 0.15) is 81.3 Å². The molecule has 1 unspecified atom stereocenters. The van der Waals surface area contributed by atoms with Crippen molar-refractivity contribution in [3.05, 3.63) is 70.3 Å². The van der Waals surface area contributed by atoms with E-state index in [4.69, 9.17) is 25.8 Å². The second-order valence-electron chi connectivity index (χ2n) is 16.4. The van der Waals surface area contributed by atoms with Crippen molar-refractivity contribution in [3.63, 3.8) is 0 Å². The molecule has 3 heterocycles. The molecule has 1 amide bonds.